The highest BCUT2D eigenvalue weighted by molar-refractivity contribution is 6.26. The van der Waals surface area contributed by atoms with Gasteiger partial charge in [-0.3, -0.25) is 0 Å². The van der Waals surface area contributed by atoms with Crippen molar-refractivity contribution in [1.82, 2.24) is 4.57 Å². The lowest BCUT2D eigenvalue weighted by Gasteiger charge is -2.34. The van der Waals surface area contributed by atoms with Gasteiger partial charge in [-0.25, -0.2) is 0 Å². The van der Waals surface area contributed by atoms with Crippen LogP contribution < -0.4 is 9.64 Å². The van der Waals surface area contributed by atoms with Crippen LogP contribution in [0.1, 0.15) is 0 Å². The van der Waals surface area contributed by atoms with Crippen molar-refractivity contribution in [1.29, 1.82) is 0 Å². The average molecular weight is 651 g/mol. The number of hydrogen-bond donors (Lipinski definition) is 0. The van der Waals surface area contributed by atoms with Gasteiger partial charge >= 0.3 is 0 Å². The molecule has 11 rings (SSSR count). The number of ether oxygens (including phenoxy) is 1. The molecule has 0 N–H and O–H groups in total. The number of aromatic nitrogens is 1. The number of nitrogens with zero attached hydrogens (tertiary/aromatic N) is 2. The maximum absolute atomic E-state index is 6.86. The Labute approximate surface area is 294 Å². The summed E-state index contributed by atoms with van der Waals surface area (Å²) in [6.45, 7) is 0. The lowest BCUT2D eigenvalue weighted by atomic mass is 9.93. The van der Waals surface area contributed by atoms with Crippen LogP contribution in [-0.2, 0) is 0 Å². The molecule has 0 unspecified atom stereocenters. The van der Waals surface area contributed by atoms with E-state index in [0.29, 0.717) is 0 Å². The van der Waals surface area contributed by atoms with E-state index < -0.39 is 0 Å². The minimum absolute atomic E-state index is 0.828. The molecule has 0 saturated heterocycles. The highest BCUT2D eigenvalue weighted by Gasteiger charge is 2.28. The normalized spacial score (nSPS) is 12.4. The van der Waals surface area contributed by atoms with Gasteiger partial charge in [0.15, 0.2) is 11.5 Å². The first-order valence-corrected chi connectivity index (χ1v) is 17.4. The molecule has 3 nitrogen and oxygen atoms in total. The number of rotatable bonds is 3. The first kappa shape index (κ1) is 28.0. The summed E-state index contributed by atoms with van der Waals surface area (Å²) in [7, 11) is 0. The maximum Gasteiger partial charge on any atom is 0.152 e. The van der Waals surface area contributed by atoms with Crippen LogP contribution in [-0.4, -0.2) is 4.57 Å². The summed E-state index contributed by atoms with van der Waals surface area (Å²) < 4.78 is 9.26. The fourth-order valence-corrected chi connectivity index (χ4v) is 8.32. The summed E-state index contributed by atoms with van der Waals surface area (Å²) >= 11 is 0. The molecule has 0 spiro atoms. The summed E-state index contributed by atoms with van der Waals surface area (Å²) in [5.74, 6) is 1.67. The van der Waals surface area contributed by atoms with Crippen LogP contribution in [0.15, 0.2) is 182 Å². The Balaban J connectivity index is 1.15. The van der Waals surface area contributed by atoms with Crippen LogP contribution in [0.3, 0.4) is 0 Å². The quantitative estimate of drug-likeness (QED) is 0.177. The lowest BCUT2D eigenvalue weighted by Crippen LogP contribution is -2.16. The number of anilines is 3. The van der Waals surface area contributed by atoms with Gasteiger partial charge in [0.2, 0.25) is 0 Å². The molecule has 10 aromatic rings. The van der Waals surface area contributed by atoms with Crippen molar-refractivity contribution in [2.45, 2.75) is 0 Å². The van der Waals surface area contributed by atoms with Crippen molar-refractivity contribution >= 4 is 71.2 Å². The standard InChI is InChI=1S/C48H30N2O/c1-2-14-32(15-3-1)49-45-28-31(33-16-8-11-23-42(33)50-43-24-12-9-21-38(43)39-22-10-13-25-44(39)50)26-27-47(45)51-48-30-41-37-20-7-5-18-35(37)34-17-4-6-19-36(34)40(41)29-46(48)49/h1-30H. The molecule has 0 radical (unpaired) electrons. The second-order valence-electron chi connectivity index (χ2n) is 13.3. The van der Waals surface area contributed by atoms with Crippen molar-refractivity contribution < 1.29 is 4.74 Å². The summed E-state index contributed by atoms with van der Waals surface area (Å²) in [5.41, 5.74) is 8.92. The topological polar surface area (TPSA) is 17.4 Å². The molecule has 2 heterocycles. The Morgan fingerprint density at radius 3 is 1.51 bits per heavy atom. The Kier molecular flexibility index (Phi) is 5.96. The van der Waals surface area contributed by atoms with Gasteiger partial charge in [0.25, 0.3) is 0 Å². The van der Waals surface area contributed by atoms with Crippen molar-refractivity contribution in [2.24, 2.45) is 0 Å². The van der Waals surface area contributed by atoms with Crippen LogP contribution >= 0.6 is 0 Å². The first-order valence-electron chi connectivity index (χ1n) is 17.4. The third-order valence-corrected chi connectivity index (χ3v) is 10.5. The van der Waals surface area contributed by atoms with Gasteiger partial charge in [-0.2, -0.15) is 0 Å². The molecule has 0 saturated carbocycles. The molecule has 1 aliphatic heterocycles. The molecule has 9 aromatic carbocycles. The van der Waals surface area contributed by atoms with E-state index >= 15 is 0 Å². The highest BCUT2D eigenvalue weighted by atomic mass is 16.5. The van der Waals surface area contributed by atoms with Crippen molar-refractivity contribution in [3.05, 3.63) is 182 Å². The zero-order valence-corrected chi connectivity index (χ0v) is 27.6. The van der Waals surface area contributed by atoms with Crippen LogP contribution in [0.25, 0.3) is 70.9 Å². The van der Waals surface area contributed by atoms with E-state index in [-0.39, 0.29) is 0 Å². The van der Waals surface area contributed by atoms with Gasteiger partial charge in [-0.1, -0.05) is 127 Å². The summed E-state index contributed by atoms with van der Waals surface area (Å²) in [6.07, 6.45) is 0. The van der Waals surface area contributed by atoms with Crippen LogP contribution in [0, 0.1) is 0 Å². The molecule has 1 aromatic heterocycles. The molecule has 0 amide bonds. The minimum Gasteiger partial charge on any atom is -0.453 e. The molecule has 0 atom stereocenters. The van der Waals surface area contributed by atoms with E-state index in [1.54, 1.807) is 0 Å². The predicted molar refractivity (Wildman–Crippen MR) is 213 cm³/mol. The molecule has 51 heavy (non-hydrogen) atoms. The third kappa shape index (κ3) is 4.12. The smallest absolute Gasteiger partial charge is 0.152 e. The lowest BCUT2D eigenvalue weighted by molar-refractivity contribution is 0.478. The number of benzene rings is 9. The van der Waals surface area contributed by atoms with Crippen molar-refractivity contribution in [3.8, 4) is 28.3 Å². The second kappa shape index (κ2) is 10.8. The van der Waals surface area contributed by atoms with Crippen LogP contribution in [0.2, 0.25) is 0 Å². The number of para-hydroxylation sites is 4. The molecule has 0 fully saturated rings. The first-order chi connectivity index (χ1) is 25.3. The Hall–Kier alpha value is -6.84. The molecular formula is C48H30N2O. The van der Waals surface area contributed by atoms with E-state index in [1.165, 1.54) is 54.1 Å². The average Bonchev–Trinajstić information content (AvgIpc) is 3.54. The molecule has 238 valence electrons. The zero-order valence-electron chi connectivity index (χ0n) is 27.6. The van der Waals surface area contributed by atoms with Crippen molar-refractivity contribution in [2.75, 3.05) is 4.90 Å². The SMILES string of the molecule is c1ccc(N2c3cc(-c4ccccc4-n4c5ccccc5c5ccccc54)ccc3Oc3cc4c5ccccc5c5ccccc5c4cc32)cc1. The highest BCUT2D eigenvalue weighted by Crippen LogP contribution is 2.54. The van der Waals surface area contributed by atoms with Gasteiger partial charge < -0.3 is 14.2 Å². The van der Waals surface area contributed by atoms with Crippen molar-refractivity contribution in [3.63, 3.8) is 0 Å². The monoisotopic (exact) mass is 650 g/mol. The maximum atomic E-state index is 6.86. The second-order valence-corrected chi connectivity index (χ2v) is 13.3. The summed E-state index contributed by atoms with van der Waals surface area (Å²) in [6, 6.07) is 65.4. The largest absolute Gasteiger partial charge is 0.453 e. The molecule has 3 heteroatoms. The van der Waals surface area contributed by atoms with Gasteiger partial charge in [-0.05, 0) is 92.5 Å². The minimum atomic E-state index is 0.828. The fourth-order valence-electron chi connectivity index (χ4n) is 8.32. The Morgan fingerprint density at radius 1 is 0.333 bits per heavy atom. The summed E-state index contributed by atoms with van der Waals surface area (Å²) in [4.78, 5) is 2.37. The van der Waals surface area contributed by atoms with E-state index in [9.17, 15) is 0 Å². The van der Waals surface area contributed by atoms with E-state index in [1.807, 2.05) is 0 Å². The Bertz CT molecular complexity index is 2960. The molecule has 1 aliphatic rings. The fraction of sp³-hybridized carbons (Fsp3) is 0. The Morgan fingerprint density at radius 2 is 0.843 bits per heavy atom. The van der Waals surface area contributed by atoms with Gasteiger partial charge in [0, 0.05) is 22.0 Å². The molecule has 0 aliphatic carbocycles. The molecule has 0 bridgehead atoms. The predicted octanol–water partition coefficient (Wildman–Crippen LogP) is 13.5. The summed E-state index contributed by atoms with van der Waals surface area (Å²) in [5, 5.41) is 9.88. The van der Waals surface area contributed by atoms with E-state index in [0.717, 1.165) is 45.4 Å². The van der Waals surface area contributed by atoms with E-state index in [4.69, 9.17) is 4.74 Å². The van der Waals surface area contributed by atoms with Gasteiger partial charge in [0.05, 0.1) is 28.1 Å². The van der Waals surface area contributed by atoms with Crippen LogP contribution in [0.4, 0.5) is 17.1 Å². The third-order valence-electron chi connectivity index (χ3n) is 10.5. The zero-order chi connectivity index (χ0) is 33.5. The van der Waals surface area contributed by atoms with E-state index in [2.05, 4.69) is 191 Å². The van der Waals surface area contributed by atoms with Crippen LogP contribution in [0.5, 0.6) is 11.5 Å². The van der Waals surface area contributed by atoms with Gasteiger partial charge in [-0.15, -0.1) is 0 Å². The number of fused-ring (bicyclic) bond motifs is 11. The number of hydrogen-bond acceptors (Lipinski definition) is 2. The molecular weight excluding hydrogens is 621 g/mol. The van der Waals surface area contributed by atoms with Gasteiger partial charge in [0.1, 0.15) is 0 Å².